The van der Waals surface area contributed by atoms with Crippen LogP contribution in [0.3, 0.4) is 0 Å². The van der Waals surface area contributed by atoms with Crippen molar-refractivity contribution in [3.05, 3.63) is 59.7 Å². The standard InChI is InChI=1S/C27H32N2O5/c1-3-16(2)12-24(25(30)28-14-17-13-22(17)26(31)32)29-27(33)34-15-23-20-10-6-4-8-18(20)19-9-5-7-11-21(19)23/h4-11,16-17,22-24H,3,12-15H2,1-2H3,(H,28,30)(H,29,33)(H,31,32)/t16?,17-,22-,24?/m0/s1. The number of fused-ring (bicyclic) bond motifs is 3. The van der Waals surface area contributed by atoms with Gasteiger partial charge in [0.15, 0.2) is 0 Å². The molecule has 0 bridgehead atoms. The van der Waals surface area contributed by atoms with Crippen molar-refractivity contribution in [1.82, 2.24) is 10.6 Å². The first-order chi connectivity index (χ1) is 16.4. The normalized spacial score (nSPS) is 19.9. The summed E-state index contributed by atoms with van der Waals surface area (Å²) in [5, 5.41) is 14.6. The maximum absolute atomic E-state index is 12.8. The number of carboxylic acid groups (broad SMARTS) is 1. The Bertz CT molecular complexity index is 1020. The van der Waals surface area contributed by atoms with Crippen LogP contribution in [0, 0.1) is 17.8 Å². The average Bonchev–Trinajstić information content (AvgIpc) is 3.56. The fraction of sp³-hybridized carbons (Fsp3) is 0.444. The minimum absolute atomic E-state index is 0.0415. The molecule has 0 spiro atoms. The maximum atomic E-state index is 12.8. The lowest BCUT2D eigenvalue weighted by atomic mass is 9.98. The highest BCUT2D eigenvalue weighted by Crippen LogP contribution is 2.44. The van der Waals surface area contributed by atoms with E-state index in [0.29, 0.717) is 19.4 Å². The van der Waals surface area contributed by atoms with Crippen molar-refractivity contribution in [2.75, 3.05) is 13.2 Å². The van der Waals surface area contributed by atoms with Gasteiger partial charge in [-0.05, 0) is 46.9 Å². The van der Waals surface area contributed by atoms with E-state index in [9.17, 15) is 14.4 Å². The molecule has 2 aliphatic rings. The Kier molecular flexibility index (Phi) is 7.20. The number of aliphatic carboxylic acids is 1. The van der Waals surface area contributed by atoms with Crippen molar-refractivity contribution in [3.63, 3.8) is 0 Å². The number of carbonyl (C=O) groups is 3. The third-order valence-corrected chi connectivity index (χ3v) is 7.07. The van der Waals surface area contributed by atoms with Crippen LogP contribution < -0.4 is 10.6 Å². The summed E-state index contributed by atoms with van der Waals surface area (Å²) in [5.41, 5.74) is 4.56. The van der Waals surface area contributed by atoms with Crippen molar-refractivity contribution in [1.29, 1.82) is 0 Å². The largest absolute Gasteiger partial charge is 0.481 e. The second-order valence-electron chi connectivity index (χ2n) is 9.46. The first-order valence-electron chi connectivity index (χ1n) is 12.0. The molecule has 7 nitrogen and oxygen atoms in total. The quantitative estimate of drug-likeness (QED) is 0.490. The Labute approximate surface area is 199 Å². The number of carboxylic acids is 1. The van der Waals surface area contributed by atoms with Gasteiger partial charge in [0.2, 0.25) is 5.91 Å². The van der Waals surface area contributed by atoms with Gasteiger partial charge in [-0.3, -0.25) is 9.59 Å². The predicted octanol–water partition coefficient (Wildman–Crippen LogP) is 4.17. The zero-order valence-electron chi connectivity index (χ0n) is 19.6. The van der Waals surface area contributed by atoms with Crippen LogP contribution in [-0.2, 0) is 14.3 Å². The summed E-state index contributed by atoms with van der Waals surface area (Å²) < 4.78 is 5.61. The van der Waals surface area contributed by atoms with Gasteiger partial charge in [0.25, 0.3) is 0 Å². The first kappa shape index (κ1) is 23.8. The van der Waals surface area contributed by atoms with E-state index >= 15 is 0 Å². The van der Waals surface area contributed by atoms with Crippen molar-refractivity contribution >= 4 is 18.0 Å². The number of nitrogens with one attached hydrogen (secondary N) is 2. The number of amides is 2. The summed E-state index contributed by atoms with van der Waals surface area (Å²) >= 11 is 0. The molecule has 0 radical (unpaired) electrons. The Morgan fingerprint density at radius 1 is 1.06 bits per heavy atom. The fourth-order valence-corrected chi connectivity index (χ4v) is 4.71. The molecule has 1 saturated carbocycles. The molecule has 2 unspecified atom stereocenters. The number of alkyl carbamates (subject to hydrolysis) is 1. The first-order valence-corrected chi connectivity index (χ1v) is 12.0. The van der Waals surface area contributed by atoms with Crippen LogP contribution in [0.5, 0.6) is 0 Å². The molecule has 4 atom stereocenters. The lowest BCUT2D eigenvalue weighted by Crippen LogP contribution is -2.48. The van der Waals surface area contributed by atoms with E-state index in [1.165, 1.54) is 0 Å². The molecule has 180 valence electrons. The zero-order chi connectivity index (χ0) is 24.2. The summed E-state index contributed by atoms with van der Waals surface area (Å²) in [5.74, 6) is -1.37. The molecule has 4 rings (SSSR count). The third kappa shape index (κ3) is 5.24. The number of rotatable bonds is 10. The lowest BCUT2D eigenvalue weighted by molar-refractivity contribution is -0.139. The van der Waals surface area contributed by atoms with Crippen molar-refractivity contribution < 1.29 is 24.2 Å². The lowest BCUT2D eigenvalue weighted by Gasteiger charge is -2.22. The van der Waals surface area contributed by atoms with E-state index in [-0.39, 0.29) is 36.2 Å². The zero-order valence-corrected chi connectivity index (χ0v) is 19.6. The molecule has 2 amide bonds. The van der Waals surface area contributed by atoms with Gasteiger partial charge in [0.1, 0.15) is 12.6 Å². The van der Waals surface area contributed by atoms with Gasteiger partial charge >= 0.3 is 12.1 Å². The predicted molar refractivity (Wildman–Crippen MR) is 128 cm³/mol. The molecule has 2 aromatic rings. The topological polar surface area (TPSA) is 105 Å². The van der Waals surface area contributed by atoms with E-state index in [0.717, 1.165) is 28.7 Å². The maximum Gasteiger partial charge on any atom is 0.407 e. The van der Waals surface area contributed by atoms with Crippen LogP contribution >= 0.6 is 0 Å². The third-order valence-electron chi connectivity index (χ3n) is 7.07. The van der Waals surface area contributed by atoms with Crippen molar-refractivity contribution in [2.45, 2.75) is 45.1 Å². The molecule has 0 saturated heterocycles. The summed E-state index contributed by atoms with van der Waals surface area (Å²) in [6, 6.07) is 15.5. The summed E-state index contributed by atoms with van der Waals surface area (Å²) in [6.45, 7) is 4.55. The smallest absolute Gasteiger partial charge is 0.407 e. The van der Waals surface area contributed by atoms with Gasteiger partial charge in [-0.2, -0.15) is 0 Å². The van der Waals surface area contributed by atoms with Gasteiger partial charge in [-0.15, -0.1) is 0 Å². The Hall–Kier alpha value is -3.35. The van der Waals surface area contributed by atoms with Crippen LogP contribution in [0.15, 0.2) is 48.5 Å². The van der Waals surface area contributed by atoms with Crippen LogP contribution in [0.1, 0.15) is 50.2 Å². The number of hydrogen-bond donors (Lipinski definition) is 3. The van der Waals surface area contributed by atoms with E-state index in [1.807, 2.05) is 38.1 Å². The van der Waals surface area contributed by atoms with E-state index in [4.69, 9.17) is 9.84 Å². The summed E-state index contributed by atoms with van der Waals surface area (Å²) in [7, 11) is 0. The molecular weight excluding hydrogens is 432 g/mol. The second-order valence-corrected chi connectivity index (χ2v) is 9.46. The van der Waals surface area contributed by atoms with Crippen LogP contribution in [0.2, 0.25) is 0 Å². The molecule has 0 heterocycles. The van der Waals surface area contributed by atoms with Crippen LogP contribution in [0.25, 0.3) is 11.1 Å². The number of hydrogen-bond acceptors (Lipinski definition) is 4. The molecule has 0 aliphatic heterocycles. The monoisotopic (exact) mass is 464 g/mol. The van der Waals surface area contributed by atoms with Gasteiger partial charge in [0.05, 0.1) is 5.92 Å². The van der Waals surface area contributed by atoms with E-state index in [2.05, 4.69) is 34.9 Å². The van der Waals surface area contributed by atoms with Crippen LogP contribution in [0.4, 0.5) is 4.79 Å². The number of ether oxygens (including phenoxy) is 1. The highest BCUT2D eigenvalue weighted by atomic mass is 16.5. The Balaban J connectivity index is 1.36. The van der Waals surface area contributed by atoms with Gasteiger partial charge < -0.3 is 20.5 Å². The van der Waals surface area contributed by atoms with Gasteiger partial charge in [-0.1, -0.05) is 68.8 Å². The summed E-state index contributed by atoms with van der Waals surface area (Å²) in [6.07, 6.45) is 1.31. The Morgan fingerprint density at radius 3 is 2.24 bits per heavy atom. The SMILES string of the molecule is CCC(C)CC(NC(=O)OCC1c2ccccc2-c2ccccc21)C(=O)NC[C@@H]1C[C@@H]1C(=O)O. The molecule has 2 aromatic carbocycles. The van der Waals surface area contributed by atoms with Crippen LogP contribution in [-0.4, -0.2) is 42.3 Å². The van der Waals surface area contributed by atoms with Gasteiger partial charge in [-0.25, -0.2) is 4.79 Å². The highest BCUT2D eigenvalue weighted by Gasteiger charge is 2.43. The minimum Gasteiger partial charge on any atom is -0.481 e. The fourth-order valence-electron chi connectivity index (χ4n) is 4.71. The Morgan fingerprint density at radius 2 is 1.68 bits per heavy atom. The van der Waals surface area contributed by atoms with Crippen molar-refractivity contribution in [2.24, 2.45) is 17.8 Å². The summed E-state index contributed by atoms with van der Waals surface area (Å²) in [4.78, 5) is 36.5. The molecule has 7 heteroatoms. The highest BCUT2D eigenvalue weighted by molar-refractivity contribution is 5.86. The second kappa shape index (κ2) is 10.3. The van der Waals surface area contributed by atoms with E-state index in [1.54, 1.807) is 0 Å². The van der Waals surface area contributed by atoms with Gasteiger partial charge in [0, 0.05) is 12.5 Å². The molecule has 3 N–H and O–H groups in total. The molecule has 2 aliphatic carbocycles. The number of carbonyl (C=O) groups excluding carboxylic acids is 2. The molecule has 34 heavy (non-hydrogen) atoms. The average molecular weight is 465 g/mol. The molecular formula is C27H32N2O5. The minimum atomic E-state index is -0.827. The van der Waals surface area contributed by atoms with E-state index < -0.39 is 18.1 Å². The number of benzene rings is 2. The van der Waals surface area contributed by atoms with Crippen molar-refractivity contribution in [3.8, 4) is 11.1 Å². The molecule has 0 aromatic heterocycles. The molecule has 1 fully saturated rings.